The second-order valence-corrected chi connectivity index (χ2v) is 13.7. The fraction of sp³-hybridized carbons (Fsp3) is 0.245. The highest BCUT2D eigenvalue weighted by Gasteiger charge is 2.06. The summed E-state index contributed by atoms with van der Waals surface area (Å²) >= 11 is 0. The van der Waals surface area contributed by atoms with E-state index >= 15 is 0 Å². The van der Waals surface area contributed by atoms with Crippen LogP contribution < -0.4 is 0 Å². The Morgan fingerprint density at radius 1 is 0.280 bits per heavy atom. The van der Waals surface area contributed by atoms with Gasteiger partial charge in [-0.15, -0.1) is 0 Å². The van der Waals surface area contributed by atoms with Gasteiger partial charge in [0.1, 0.15) is 0 Å². The molecule has 0 amide bonds. The third kappa shape index (κ3) is 12.5. The number of rotatable bonds is 0. The lowest BCUT2D eigenvalue weighted by Crippen LogP contribution is -1.87. The van der Waals surface area contributed by atoms with Gasteiger partial charge in [0.25, 0.3) is 0 Å². The third-order valence-corrected chi connectivity index (χ3v) is 8.70. The molecule has 0 bridgehead atoms. The summed E-state index contributed by atoms with van der Waals surface area (Å²) < 4.78 is 0. The highest BCUT2D eigenvalue weighted by molar-refractivity contribution is 6.05. The van der Waals surface area contributed by atoms with Gasteiger partial charge in [-0.1, -0.05) is 149 Å². The van der Waals surface area contributed by atoms with Crippen LogP contribution in [0.15, 0.2) is 127 Å². The Kier molecular flexibility index (Phi) is 15.2. The quantitative estimate of drug-likeness (QED) is 0.148. The highest BCUT2D eigenvalue weighted by atomic mass is 14.7. The summed E-state index contributed by atoms with van der Waals surface area (Å²) in [7, 11) is 0. The van der Waals surface area contributed by atoms with Gasteiger partial charge in [-0.3, -0.25) is 4.98 Å². The second-order valence-electron chi connectivity index (χ2n) is 13.7. The highest BCUT2D eigenvalue weighted by Crippen LogP contribution is 2.31. The van der Waals surface area contributed by atoms with Crippen molar-refractivity contribution in [2.45, 2.75) is 83.1 Å². The molecule has 0 fully saturated rings. The topological polar surface area (TPSA) is 12.9 Å². The van der Waals surface area contributed by atoms with Crippen LogP contribution in [0.1, 0.15) is 67.0 Å². The molecule has 1 heteroatoms. The summed E-state index contributed by atoms with van der Waals surface area (Å²) in [5.74, 6) is 0. The minimum absolute atomic E-state index is 1.09. The summed E-state index contributed by atoms with van der Waals surface area (Å²) in [4.78, 5) is 4.17. The molecule has 50 heavy (non-hydrogen) atoms. The van der Waals surface area contributed by atoms with Gasteiger partial charge in [0.15, 0.2) is 0 Å². The molecule has 7 rings (SSSR count). The van der Waals surface area contributed by atoms with Gasteiger partial charge < -0.3 is 0 Å². The predicted octanol–water partition coefficient (Wildman–Crippen LogP) is 13.8. The smallest absolute Gasteiger partial charge is 0.0375 e. The number of aryl methyl sites for hydroxylation is 12. The van der Waals surface area contributed by atoms with E-state index < -0.39 is 0 Å². The first kappa shape index (κ1) is 39.4. The molecule has 6 aromatic carbocycles. The Morgan fingerprint density at radius 3 is 0.900 bits per heavy atom. The van der Waals surface area contributed by atoms with Crippen molar-refractivity contribution in [3.05, 3.63) is 194 Å². The molecule has 7 aromatic rings. The van der Waals surface area contributed by atoms with Crippen molar-refractivity contribution < 1.29 is 0 Å². The van der Waals surface area contributed by atoms with Crippen LogP contribution in [0.25, 0.3) is 21.5 Å². The zero-order chi connectivity index (χ0) is 36.8. The lowest BCUT2D eigenvalue weighted by molar-refractivity contribution is 1.12. The van der Waals surface area contributed by atoms with Crippen molar-refractivity contribution in [3.8, 4) is 0 Å². The van der Waals surface area contributed by atoms with E-state index in [-0.39, 0.29) is 0 Å². The van der Waals surface area contributed by atoms with E-state index in [1.54, 1.807) is 0 Å². The average molecular weight is 660 g/mol. The number of pyridine rings is 1. The fourth-order valence-corrected chi connectivity index (χ4v) is 6.14. The molecule has 0 atom stereocenters. The first-order valence-corrected chi connectivity index (χ1v) is 17.6. The molecule has 0 aliphatic heterocycles. The molecule has 0 saturated carbocycles. The molecule has 258 valence electrons. The van der Waals surface area contributed by atoms with E-state index in [1.165, 1.54) is 77.2 Å². The summed E-state index contributed by atoms with van der Waals surface area (Å²) in [6.45, 7) is 25.4. The van der Waals surface area contributed by atoms with Crippen LogP contribution in [0.3, 0.4) is 0 Å². The molecule has 0 saturated heterocycles. The van der Waals surface area contributed by atoms with E-state index in [0.29, 0.717) is 0 Å². The van der Waals surface area contributed by atoms with Crippen LogP contribution in [0.2, 0.25) is 0 Å². The SMILES string of the molecule is Cc1c2ccccc2c(C)c2ccccc12.Cc1cc(C)cc(C)c1.Cc1ccc(C)c(C)c1.Cc1cccc(C)c1.Cc1cccc(C)n1. The molecule has 1 nitrogen and oxygen atoms in total. The zero-order valence-electron chi connectivity index (χ0n) is 32.6. The molecular formula is C49H57N. The van der Waals surface area contributed by atoms with Gasteiger partial charge in [-0.2, -0.15) is 0 Å². The van der Waals surface area contributed by atoms with E-state index in [1.807, 2.05) is 32.0 Å². The maximum atomic E-state index is 4.17. The van der Waals surface area contributed by atoms with Gasteiger partial charge in [-0.05, 0) is 139 Å². The maximum absolute atomic E-state index is 4.17. The van der Waals surface area contributed by atoms with E-state index in [9.17, 15) is 0 Å². The number of aromatic nitrogens is 1. The Balaban J connectivity index is 0.000000175. The van der Waals surface area contributed by atoms with Crippen LogP contribution in [0, 0.1) is 83.1 Å². The molecular weight excluding hydrogens is 603 g/mol. The second kappa shape index (κ2) is 19.2. The predicted molar refractivity (Wildman–Crippen MR) is 222 cm³/mol. The monoisotopic (exact) mass is 659 g/mol. The summed E-state index contributed by atoms with van der Waals surface area (Å²) in [6, 6.07) is 44.8. The Morgan fingerprint density at radius 2 is 0.620 bits per heavy atom. The normalized spacial score (nSPS) is 10.0. The first-order valence-electron chi connectivity index (χ1n) is 17.6. The number of hydrogen-bond acceptors (Lipinski definition) is 1. The van der Waals surface area contributed by atoms with E-state index in [4.69, 9.17) is 0 Å². The van der Waals surface area contributed by atoms with Gasteiger partial charge in [0, 0.05) is 11.4 Å². The Hall–Kier alpha value is -5.01. The van der Waals surface area contributed by atoms with Crippen molar-refractivity contribution in [2.75, 3.05) is 0 Å². The largest absolute Gasteiger partial charge is 0.258 e. The molecule has 0 spiro atoms. The van der Waals surface area contributed by atoms with Gasteiger partial charge in [0.05, 0.1) is 0 Å². The van der Waals surface area contributed by atoms with Gasteiger partial charge in [-0.25, -0.2) is 0 Å². The van der Waals surface area contributed by atoms with Crippen LogP contribution in [0.5, 0.6) is 0 Å². The van der Waals surface area contributed by atoms with Gasteiger partial charge >= 0.3 is 0 Å². The van der Waals surface area contributed by atoms with Crippen molar-refractivity contribution in [3.63, 3.8) is 0 Å². The van der Waals surface area contributed by atoms with Crippen molar-refractivity contribution in [1.29, 1.82) is 0 Å². The lowest BCUT2D eigenvalue weighted by Gasteiger charge is -2.11. The van der Waals surface area contributed by atoms with Crippen molar-refractivity contribution in [2.24, 2.45) is 0 Å². The minimum atomic E-state index is 1.09. The average Bonchev–Trinajstić information content (AvgIpc) is 3.06. The molecule has 1 heterocycles. The number of hydrogen-bond donors (Lipinski definition) is 0. The van der Waals surface area contributed by atoms with Crippen molar-refractivity contribution in [1.82, 2.24) is 4.98 Å². The van der Waals surface area contributed by atoms with E-state index in [0.717, 1.165) is 11.4 Å². The van der Waals surface area contributed by atoms with Crippen LogP contribution >= 0.6 is 0 Å². The minimum Gasteiger partial charge on any atom is -0.258 e. The number of benzene rings is 6. The standard InChI is InChI=1S/C16H14.2C9H12.C8H10.C7H9N/c1-11-13-7-3-5-9-15(13)12(2)16-10-6-4-8-14(11)16;1-7-4-8(2)6-9(3)5-7;1-7-4-5-8(2)9(3)6-7;1-7-4-3-5-8(2)6-7;1-6-4-3-5-7(2)8-6/h3-10H,1-2H3;2*4-6H,1-3H3;3-6H,1-2H3;3-5H,1-2H3. The number of fused-ring (bicyclic) bond motifs is 2. The molecule has 0 unspecified atom stereocenters. The maximum Gasteiger partial charge on any atom is 0.0375 e. The summed E-state index contributed by atoms with van der Waals surface area (Å²) in [6.07, 6.45) is 0. The van der Waals surface area contributed by atoms with Crippen LogP contribution in [-0.4, -0.2) is 4.98 Å². The van der Waals surface area contributed by atoms with Crippen LogP contribution in [0.4, 0.5) is 0 Å². The van der Waals surface area contributed by atoms with Gasteiger partial charge in [0.2, 0.25) is 0 Å². The summed E-state index contributed by atoms with van der Waals surface area (Å²) in [5, 5.41) is 5.50. The molecule has 1 aromatic heterocycles. The van der Waals surface area contributed by atoms with Crippen molar-refractivity contribution >= 4 is 21.5 Å². The third-order valence-electron chi connectivity index (χ3n) is 8.70. The molecule has 0 radical (unpaired) electrons. The molecule has 0 aliphatic rings. The summed E-state index contributed by atoms with van der Waals surface area (Å²) in [5.41, 5.74) is 15.8. The number of nitrogens with zero attached hydrogens (tertiary/aromatic N) is 1. The van der Waals surface area contributed by atoms with Crippen LogP contribution in [-0.2, 0) is 0 Å². The zero-order valence-corrected chi connectivity index (χ0v) is 32.6. The molecule has 0 N–H and O–H groups in total. The Labute approximate surface area is 303 Å². The lowest BCUT2D eigenvalue weighted by atomic mass is 9.93. The molecule has 0 aliphatic carbocycles. The van der Waals surface area contributed by atoms with E-state index in [2.05, 4.69) is 183 Å². The fourth-order valence-electron chi connectivity index (χ4n) is 6.14. The first-order chi connectivity index (χ1) is 23.7. The Bertz CT molecular complexity index is 1890.